The topological polar surface area (TPSA) is 63.2 Å². The van der Waals surface area contributed by atoms with E-state index >= 15 is 0 Å². The van der Waals surface area contributed by atoms with Crippen LogP contribution in [0, 0.1) is 0 Å². The molecule has 50 heavy (non-hydrogen) atoms. The maximum absolute atomic E-state index is 12.3. The van der Waals surface area contributed by atoms with E-state index in [1.807, 2.05) is 0 Å². The Balaban J connectivity index is 6.91. The maximum Gasteiger partial charge on any atom is 0.333 e. The molecule has 0 radical (unpaired) electrons. The second kappa shape index (κ2) is 21.3. The highest BCUT2D eigenvalue weighted by Gasteiger charge is 2.56. The second-order valence-corrected chi connectivity index (χ2v) is 39.6. The molecule has 0 N–H and O–H groups in total. The van der Waals surface area contributed by atoms with Gasteiger partial charge in [-0.3, -0.25) is 0 Å². The standard InChI is InChI=1S/C39H86O6Si5/c1-20-27-31-46(11,12)35(22-3)42-48(15,16)38(10,24-5)44-50(19,33-29-30-41-37(40)34(8)9)36(23-4)43-49(17,18)39(25-6,26-7)45-47(13,14)32-28-21-2/h35-36H,8,20-33H2,1-7,9-19H3. The summed E-state index contributed by atoms with van der Waals surface area (Å²) in [7, 11) is -11.0. The van der Waals surface area contributed by atoms with Gasteiger partial charge in [-0.1, -0.05) is 99.9 Å². The van der Waals surface area contributed by atoms with Gasteiger partial charge < -0.3 is 22.4 Å². The molecule has 0 heterocycles. The number of unbranched alkanes of at least 4 members (excludes halogenated alkanes) is 2. The summed E-state index contributed by atoms with van der Waals surface area (Å²) < 4.78 is 35.7. The van der Waals surface area contributed by atoms with Crippen LogP contribution in [0.25, 0.3) is 0 Å². The molecule has 298 valence electrons. The molecule has 0 rings (SSSR count). The summed E-state index contributed by atoms with van der Waals surface area (Å²) in [4.78, 5) is 12.3. The summed E-state index contributed by atoms with van der Waals surface area (Å²) in [6, 6.07) is 3.32. The molecule has 0 bridgehead atoms. The number of esters is 1. The lowest BCUT2D eigenvalue weighted by Gasteiger charge is -2.53. The van der Waals surface area contributed by atoms with Gasteiger partial charge in [0.2, 0.25) is 25.0 Å². The zero-order chi connectivity index (χ0) is 39.2. The van der Waals surface area contributed by atoms with Crippen molar-refractivity contribution in [3.63, 3.8) is 0 Å². The van der Waals surface area contributed by atoms with Gasteiger partial charge in [0.1, 0.15) is 0 Å². The van der Waals surface area contributed by atoms with Crippen LogP contribution < -0.4 is 0 Å². The van der Waals surface area contributed by atoms with Crippen LogP contribution in [0.4, 0.5) is 0 Å². The van der Waals surface area contributed by atoms with Crippen LogP contribution in [0.3, 0.4) is 0 Å². The van der Waals surface area contributed by atoms with Gasteiger partial charge in [0, 0.05) is 11.3 Å². The van der Waals surface area contributed by atoms with Gasteiger partial charge in [0.05, 0.1) is 30.9 Å². The lowest BCUT2D eigenvalue weighted by atomic mass is 10.2. The van der Waals surface area contributed by atoms with Gasteiger partial charge in [0.25, 0.3) is 0 Å². The van der Waals surface area contributed by atoms with Crippen molar-refractivity contribution in [1.82, 2.24) is 0 Å². The molecule has 0 saturated heterocycles. The number of ether oxygens (including phenoxy) is 1. The number of carbonyl (C=O) groups excluding carboxylic acids is 1. The van der Waals surface area contributed by atoms with Crippen molar-refractivity contribution >= 4 is 47.3 Å². The van der Waals surface area contributed by atoms with Crippen molar-refractivity contribution in [2.45, 2.75) is 225 Å². The van der Waals surface area contributed by atoms with Crippen molar-refractivity contribution < 1.29 is 27.2 Å². The average Bonchev–Trinajstić information content (AvgIpc) is 3.04. The lowest BCUT2D eigenvalue weighted by molar-refractivity contribution is -0.138. The molecule has 0 aliphatic heterocycles. The summed E-state index contributed by atoms with van der Waals surface area (Å²) in [6.45, 7) is 46.0. The number of carbonyl (C=O) groups is 1. The number of rotatable bonds is 28. The van der Waals surface area contributed by atoms with Crippen molar-refractivity contribution in [3.8, 4) is 0 Å². The highest BCUT2D eigenvalue weighted by atomic mass is 28.4. The molecule has 4 unspecified atom stereocenters. The predicted molar refractivity (Wildman–Crippen MR) is 231 cm³/mol. The first-order valence-corrected chi connectivity index (χ1v) is 35.4. The average molecular weight is 792 g/mol. The third-order valence-electron chi connectivity index (χ3n) is 12.0. The third-order valence-corrected chi connectivity index (χ3v) is 31.2. The maximum atomic E-state index is 12.3. The van der Waals surface area contributed by atoms with Crippen LogP contribution >= 0.6 is 0 Å². The van der Waals surface area contributed by atoms with Gasteiger partial charge >= 0.3 is 5.97 Å². The molecule has 6 nitrogen and oxygen atoms in total. The summed E-state index contributed by atoms with van der Waals surface area (Å²) in [5.41, 5.74) is 0.732. The van der Waals surface area contributed by atoms with E-state index in [4.69, 9.17) is 22.4 Å². The Hall–Kier alpha value is 0.134. The van der Waals surface area contributed by atoms with Crippen LogP contribution in [0.1, 0.15) is 127 Å². The fourth-order valence-electron chi connectivity index (χ4n) is 7.85. The van der Waals surface area contributed by atoms with Crippen LogP contribution in [-0.2, 0) is 27.2 Å². The minimum absolute atomic E-state index is 0.0180. The molecule has 4 atom stereocenters. The SMILES string of the molecule is C=C(C)C(=O)OCCC[Si](C)(OC(C)(CC)[Si](C)(C)OC(CC)[Si](C)(C)CCCC)C(CC)O[Si](C)(C)C(CC)(CC)O[Si](C)(C)CCCC. The molecule has 0 amide bonds. The zero-order valence-electron chi connectivity index (χ0n) is 36.7. The molecule has 0 saturated carbocycles. The van der Waals surface area contributed by atoms with Crippen molar-refractivity contribution in [2.24, 2.45) is 0 Å². The largest absolute Gasteiger partial charge is 0.462 e. The first-order chi connectivity index (χ1) is 22.9. The summed E-state index contributed by atoms with van der Waals surface area (Å²) in [5.74, 6) is -0.324. The molecule has 0 aliphatic rings. The van der Waals surface area contributed by atoms with Gasteiger partial charge in [-0.05, 0) is 110 Å². The van der Waals surface area contributed by atoms with Gasteiger partial charge in [-0.15, -0.1) is 0 Å². The second-order valence-electron chi connectivity index (χ2n) is 17.8. The molecule has 0 spiro atoms. The number of hydrogen-bond donors (Lipinski definition) is 0. The zero-order valence-corrected chi connectivity index (χ0v) is 41.7. The molecular formula is C39H86O6Si5. The van der Waals surface area contributed by atoms with Gasteiger partial charge in [-0.25, -0.2) is 4.79 Å². The first-order valence-electron chi connectivity index (χ1n) is 20.5. The summed E-state index contributed by atoms with van der Waals surface area (Å²) >= 11 is 0. The van der Waals surface area contributed by atoms with E-state index in [-0.39, 0.29) is 16.9 Å². The molecule has 0 fully saturated rings. The fourth-order valence-corrected chi connectivity index (χ4v) is 28.9. The Bertz CT molecular complexity index is 1010. The minimum atomic E-state index is -2.65. The van der Waals surface area contributed by atoms with E-state index in [1.54, 1.807) is 6.92 Å². The van der Waals surface area contributed by atoms with E-state index < -0.39 is 46.6 Å². The van der Waals surface area contributed by atoms with Crippen LogP contribution in [0.5, 0.6) is 0 Å². The highest BCUT2D eigenvalue weighted by molar-refractivity contribution is 6.82. The molecule has 0 aromatic carbocycles. The minimum Gasteiger partial charge on any atom is -0.462 e. The van der Waals surface area contributed by atoms with Gasteiger partial charge in [-0.2, -0.15) is 0 Å². The van der Waals surface area contributed by atoms with E-state index in [1.165, 1.54) is 37.8 Å². The van der Waals surface area contributed by atoms with Crippen molar-refractivity contribution in [1.29, 1.82) is 0 Å². The quantitative estimate of drug-likeness (QED) is 0.0340. The van der Waals surface area contributed by atoms with E-state index in [0.717, 1.165) is 44.6 Å². The summed E-state index contributed by atoms with van der Waals surface area (Å²) in [6.07, 6.45) is 10.4. The smallest absolute Gasteiger partial charge is 0.333 e. The normalized spacial score (nSPS) is 17.2. The van der Waals surface area contributed by atoms with E-state index in [9.17, 15) is 4.79 Å². The molecule has 0 aliphatic carbocycles. The lowest BCUT2D eigenvalue weighted by Crippen LogP contribution is -2.68. The molecule has 0 aromatic rings. The van der Waals surface area contributed by atoms with Crippen LogP contribution in [0.2, 0.25) is 77.1 Å². The van der Waals surface area contributed by atoms with Crippen LogP contribution in [0.15, 0.2) is 12.2 Å². The molecule has 0 aromatic heterocycles. The predicted octanol–water partition coefficient (Wildman–Crippen LogP) is 12.5. The Morgan fingerprint density at radius 3 is 1.60 bits per heavy atom. The molecule has 11 heteroatoms. The Morgan fingerprint density at radius 2 is 1.16 bits per heavy atom. The Kier molecular flexibility index (Phi) is 21.3. The van der Waals surface area contributed by atoms with Gasteiger partial charge in [0.15, 0.2) is 8.32 Å². The Labute approximate surface area is 317 Å². The fraction of sp³-hybridized carbons (Fsp3) is 0.923. The van der Waals surface area contributed by atoms with Crippen LogP contribution in [-0.4, -0.2) is 75.8 Å². The Morgan fingerprint density at radius 1 is 0.660 bits per heavy atom. The monoisotopic (exact) mass is 791 g/mol. The third kappa shape index (κ3) is 14.1. The molecular weight excluding hydrogens is 705 g/mol. The van der Waals surface area contributed by atoms with E-state index in [0.29, 0.717) is 17.9 Å². The van der Waals surface area contributed by atoms with Crippen molar-refractivity contribution in [2.75, 3.05) is 6.61 Å². The highest BCUT2D eigenvalue weighted by Crippen LogP contribution is 2.42. The summed E-state index contributed by atoms with van der Waals surface area (Å²) in [5, 5.41) is -0.657. The van der Waals surface area contributed by atoms with Crippen molar-refractivity contribution in [3.05, 3.63) is 12.2 Å². The number of hydrogen-bond acceptors (Lipinski definition) is 6. The first kappa shape index (κ1) is 50.1. The van der Waals surface area contributed by atoms with E-state index in [2.05, 4.69) is 121 Å².